The number of benzene rings is 1. The van der Waals surface area contributed by atoms with Gasteiger partial charge in [0.25, 0.3) is 0 Å². The Labute approximate surface area is 134 Å². The van der Waals surface area contributed by atoms with Crippen LogP contribution in [-0.2, 0) is 0 Å². The van der Waals surface area contributed by atoms with E-state index < -0.39 is 0 Å². The molecule has 0 fully saturated rings. The third-order valence-electron chi connectivity index (χ3n) is 3.55. The van der Waals surface area contributed by atoms with Crippen molar-refractivity contribution in [3.63, 3.8) is 0 Å². The van der Waals surface area contributed by atoms with E-state index in [-0.39, 0.29) is 0 Å². The first-order chi connectivity index (χ1) is 10.8. The van der Waals surface area contributed by atoms with E-state index in [9.17, 15) is 5.26 Å². The molecule has 4 rings (SSSR count). The van der Waals surface area contributed by atoms with Gasteiger partial charge in [0.2, 0.25) is 0 Å². The summed E-state index contributed by atoms with van der Waals surface area (Å²) in [6.45, 7) is 0. The molecule has 4 nitrogen and oxygen atoms in total. The van der Waals surface area contributed by atoms with E-state index in [0.717, 1.165) is 32.2 Å². The fourth-order valence-electron chi connectivity index (χ4n) is 2.69. The van der Waals surface area contributed by atoms with Crippen molar-refractivity contribution in [2.45, 2.75) is 0 Å². The van der Waals surface area contributed by atoms with Gasteiger partial charge >= 0.3 is 0 Å². The summed E-state index contributed by atoms with van der Waals surface area (Å²) in [4.78, 5) is 8.99. The number of rotatable bonds is 1. The highest BCUT2D eigenvalue weighted by molar-refractivity contribution is 9.10. The Morgan fingerprint density at radius 1 is 1.05 bits per heavy atom. The smallest absolute Gasteiger partial charge is 0.147 e. The second kappa shape index (κ2) is 4.93. The molecule has 0 radical (unpaired) electrons. The van der Waals surface area contributed by atoms with Gasteiger partial charge in [-0.1, -0.05) is 15.9 Å². The number of pyridine rings is 2. The van der Waals surface area contributed by atoms with Crippen LogP contribution >= 0.6 is 15.9 Å². The molecule has 0 amide bonds. The van der Waals surface area contributed by atoms with Crippen LogP contribution < -0.4 is 0 Å². The summed E-state index contributed by atoms with van der Waals surface area (Å²) in [5.41, 5.74) is 4.19. The summed E-state index contributed by atoms with van der Waals surface area (Å²) >= 11 is 3.47. The molecule has 5 heteroatoms. The third kappa shape index (κ3) is 1.89. The number of hydrogen-bond donors (Lipinski definition) is 0. The van der Waals surface area contributed by atoms with Gasteiger partial charge in [0.05, 0.1) is 28.4 Å². The van der Waals surface area contributed by atoms with E-state index in [2.05, 4.69) is 32.0 Å². The van der Waals surface area contributed by atoms with Crippen LogP contribution in [0.25, 0.3) is 27.8 Å². The molecule has 4 aromatic rings. The van der Waals surface area contributed by atoms with Gasteiger partial charge in [0.1, 0.15) is 5.65 Å². The lowest BCUT2D eigenvalue weighted by molar-refractivity contribution is 1.13. The Hall–Kier alpha value is -2.71. The lowest BCUT2D eigenvalue weighted by atomic mass is 10.2. The summed E-state index contributed by atoms with van der Waals surface area (Å²) in [6.07, 6.45) is 3.54. The Balaban J connectivity index is 2.18. The van der Waals surface area contributed by atoms with E-state index in [1.807, 2.05) is 41.0 Å². The van der Waals surface area contributed by atoms with Crippen molar-refractivity contribution in [3.05, 3.63) is 64.9 Å². The molecule has 0 saturated heterocycles. The zero-order valence-corrected chi connectivity index (χ0v) is 12.9. The van der Waals surface area contributed by atoms with E-state index in [1.54, 1.807) is 18.5 Å². The minimum Gasteiger partial charge on any atom is -0.292 e. The van der Waals surface area contributed by atoms with Crippen molar-refractivity contribution in [2.75, 3.05) is 0 Å². The van der Waals surface area contributed by atoms with Gasteiger partial charge in [-0.3, -0.25) is 9.55 Å². The SMILES string of the molecule is N#Cc1cc(Br)cc(-n2c3cccnc3c3cccnc32)c1. The molecule has 1 aromatic carbocycles. The molecular formula is C17H9BrN4. The second-order valence-corrected chi connectivity index (χ2v) is 5.81. The van der Waals surface area contributed by atoms with E-state index in [0.29, 0.717) is 5.56 Å². The number of halogens is 1. The zero-order chi connectivity index (χ0) is 15.1. The lowest BCUT2D eigenvalue weighted by Crippen LogP contribution is -1.96. The Morgan fingerprint density at radius 3 is 2.73 bits per heavy atom. The molecule has 0 N–H and O–H groups in total. The van der Waals surface area contributed by atoms with Crippen molar-refractivity contribution in [1.82, 2.24) is 14.5 Å². The highest BCUT2D eigenvalue weighted by Gasteiger charge is 2.14. The lowest BCUT2D eigenvalue weighted by Gasteiger charge is -2.07. The summed E-state index contributed by atoms with van der Waals surface area (Å²) in [6, 6.07) is 15.6. The largest absolute Gasteiger partial charge is 0.292 e. The van der Waals surface area contributed by atoms with Crippen LogP contribution in [0.1, 0.15) is 5.56 Å². The number of aromatic nitrogens is 3. The molecule has 3 heterocycles. The van der Waals surface area contributed by atoms with Gasteiger partial charge < -0.3 is 0 Å². The van der Waals surface area contributed by atoms with Gasteiger partial charge in [-0.25, -0.2) is 4.98 Å². The van der Waals surface area contributed by atoms with Crippen LogP contribution in [0.15, 0.2) is 59.3 Å². The second-order valence-electron chi connectivity index (χ2n) is 4.89. The van der Waals surface area contributed by atoms with Gasteiger partial charge in [0, 0.05) is 22.3 Å². The van der Waals surface area contributed by atoms with E-state index in [1.165, 1.54) is 0 Å². The Morgan fingerprint density at radius 2 is 1.86 bits per heavy atom. The maximum Gasteiger partial charge on any atom is 0.147 e. The van der Waals surface area contributed by atoms with Crippen LogP contribution in [0.5, 0.6) is 0 Å². The van der Waals surface area contributed by atoms with Crippen molar-refractivity contribution in [1.29, 1.82) is 5.26 Å². The minimum absolute atomic E-state index is 0.596. The van der Waals surface area contributed by atoms with Gasteiger partial charge in [-0.05, 0) is 42.5 Å². The van der Waals surface area contributed by atoms with E-state index in [4.69, 9.17) is 0 Å². The first kappa shape index (κ1) is 13.0. The van der Waals surface area contributed by atoms with Crippen molar-refractivity contribution in [3.8, 4) is 11.8 Å². The molecule has 0 aliphatic rings. The van der Waals surface area contributed by atoms with Crippen LogP contribution in [0.4, 0.5) is 0 Å². The summed E-state index contributed by atoms with van der Waals surface area (Å²) in [5, 5.41) is 10.2. The Bertz CT molecular complexity index is 1010. The minimum atomic E-state index is 0.596. The maximum absolute atomic E-state index is 9.20. The highest BCUT2D eigenvalue weighted by Crippen LogP contribution is 2.30. The standard InChI is InChI=1S/C17H9BrN4/c18-12-7-11(10-19)8-13(9-12)22-15-4-2-5-20-16(15)14-3-1-6-21-17(14)22/h1-9H. The van der Waals surface area contributed by atoms with Crippen molar-refractivity contribution >= 4 is 38.0 Å². The molecule has 0 unspecified atom stereocenters. The molecule has 104 valence electrons. The summed E-state index contributed by atoms with van der Waals surface area (Å²) < 4.78 is 2.89. The monoisotopic (exact) mass is 348 g/mol. The molecule has 0 aliphatic carbocycles. The molecular weight excluding hydrogens is 340 g/mol. The van der Waals surface area contributed by atoms with Crippen LogP contribution in [0.3, 0.4) is 0 Å². The van der Waals surface area contributed by atoms with Gasteiger partial charge in [0.15, 0.2) is 0 Å². The third-order valence-corrected chi connectivity index (χ3v) is 4.01. The van der Waals surface area contributed by atoms with Crippen molar-refractivity contribution < 1.29 is 0 Å². The summed E-state index contributed by atoms with van der Waals surface area (Å²) in [5.74, 6) is 0. The summed E-state index contributed by atoms with van der Waals surface area (Å²) in [7, 11) is 0. The molecule has 0 aliphatic heterocycles. The number of hydrogen-bond acceptors (Lipinski definition) is 3. The molecule has 0 spiro atoms. The quantitative estimate of drug-likeness (QED) is 0.517. The molecule has 22 heavy (non-hydrogen) atoms. The van der Waals surface area contributed by atoms with Crippen molar-refractivity contribution in [2.24, 2.45) is 0 Å². The van der Waals surface area contributed by atoms with Gasteiger partial charge in [-0.2, -0.15) is 5.26 Å². The average molecular weight is 349 g/mol. The normalized spacial score (nSPS) is 10.9. The fraction of sp³-hybridized carbons (Fsp3) is 0. The number of fused-ring (bicyclic) bond motifs is 3. The number of nitrogens with zero attached hydrogens (tertiary/aromatic N) is 4. The zero-order valence-electron chi connectivity index (χ0n) is 11.4. The molecule has 3 aromatic heterocycles. The van der Waals surface area contributed by atoms with Gasteiger partial charge in [-0.15, -0.1) is 0 Å². The first-order valence-electron chi connectivity index (χ1n) is 6.69. The van der Waals surface area contributed by atoms with Crippen LogP contribution in [0.2, 0.25) is 0 Å². The predicted octanol–water partition coefficient (Wildman–Crippen LogP) is 4.21. The fourth-order valence-corrected chi connectivity index (χ4v) is 3.17. The average Bonchev–Trinajstić information content (AvgIpc) is 2.89. The maximum atomic E-state index is 9.20. The van der Waals surface area contributed by atoms with E-state index >= 15 is 0 Å². The molecule has 0 atom stereocenters. The van der Waals surface area contributed by atoms with Crippen LogP contribution in [-0.4, -0.2) is 14.5 Å². The number of nitriles is 1. The predicted molar refractivity (Wildman–Crippen MR) is 88.8 cm³/mol. The molecule has 0 saturated carbocycles. The Kier molecular flexibility index (Phi) is 2.91. The van der Waals surface area contributed by atoms with Crippen LogP contribution in [0, 0.1) is 11.3 Å². The molecule has 0 bridgehead atoms. The highest BCUT2D eigenvalue weighted by atomic mass is 79.9. The topological polar surface area (TPSA) is 54.5 Å². The first-order valence-corrected chi connectivity index (χ1v) is 7.48.